The summed E-state index contributed by atoms with van der Waals surface area (Å²) >= 11 is 0. The Morgan fingerprint density at radius 2 is 1.96 bits per heavy atom. The van der Waals surface area contributed by atoms with E-state index in [0.717, 1.165) is 69.2 Å². The van der Waals surface area contributed by atoms with Crippen molar-refractivity contribution >= 4 is 11.7 Å². The van der Waals surface area contributed by atoms with Crippen LogP contribution < -0.4 is 4.90 Å². The van der Waals surface area contributed by atoms with Gasteiger partial charge < -0.3 is 9.80 Å². The number of aromatic nitrogens is 2. The number of amides is 1. The van der Waals surface area contributed by atoms with E-state index in [1.807, 2.05) is 18.9 Å². The van der Waals surface area contributed by atoms with Gasteiger partial charge in [-0.1, -0.05) is 13.3 Å². The minimum absolute atomic E-state index is 0.0580. The monoisotopic (exact) mass is 345 g/mol. The highest BCUT2D eigenvalue weighted by atomic mass is 16.2. The third-order valence-electron chi connectivity index (χ3n) is 5.85. The van der Waals surface area contributed by atoms with Gasteiger partial charge in [0.2, 0.25) is 5.91 Å². The third-order valence-corrected chi connectivity index (χ3v) is 5.85. The molecule has 138 valence electrons. The topological polar surface area (TPSA) is 52.6 Å². The first-order valence-corrected chi connectivity index (χ1v) is 9.48. The Kier molecular flexibility index (Phi) is 5.27. The van der Waals surface area contributed by atoms with E-state index in [9.17, 15) is 4.79 Å². The molecule has 6 nitrogen and oxygen atoms in total. The molecule has 1 spiro atoms. The Bertz CT molecular complexity index is 634. The highest BCUT2D eigenvalue weighted by Gasteiger charge is 2.42. The largest absolute Gasteiger partial charge is 0.353 e. The summed E-state index contributed by atoms with van der Waals surface area (Å²) in [6, 6.07) is 2.16. The van der Waals surface area contributed by atoms with Crippen LogP contribution in [0.25, 0.3) is 0 Å². The zero-order chi connectivity index (χ0) is 18.0. The Labute approximate surface area is 151 Å². The number of aryl methyl sites for hydroxylation is 2. The van der Waals surface area contributed by atoms with Gasteiger partial charge in [-0.3, -0.25) is 9.69 Å². The predicted octanol–water partition coefficient (Wildman–Crippen LogP) is 1.87. The lowest BCUT2D eigenvalue weighted by Gasteiger charge is -2.49. The summed E-state index contributed by atoms with van der Waals surface area (Å²) in [6.45, 7) is 7.91. The maximum absolute atomic E-state index is 12.1. The molecule has 25 heavy (non-hydrogen) atoms. The van der Waals surface area contributed by atoms with Crippen LogP contribution in [0.2, 0.25) is 0 Å². The summed E-state index contributed by atoms with van der Waals surface area (Å²) in [5.41, 5.74) is 1.19. The summed E-state index contributed by atoms with van der Waals surface area (Å²) < 4.78 is 0. The number of likely N-dealkylation sites (tertiary alicyclic amines) is 1. The number of hydrogen-bond acceptors (Lipinski definition) is 5. The highest BCUT2D eigenvalue weighted by Crippen LogP contribution is 2.33. The molecule has 0 unspecified atom stereocenters. The number of carbonyl (C=O) groups excluding carboxylic acids is 1. The molecule has 0 aliphatic carbocycles. The van der Waals surface area contributed by atoms with Crippen molar-refractivity contribution in [3.05, 3.63) is 17.6 Å². The molecule has 1 aromatic heterocycles. The second-order valence-electron chi connectivity index (χ2n) is 7.65. The van der Waals surface area contributed by atoms with Gasteiger partial charge in [-0.25, -0.2) is 9.97 Å². The van der Waals surface area contributed by atoms with Crippen LogP contribution in [0.5, 0.6) is 0 Å². The first-order valence-electron chi connectivity index (χ1n) is 9.48. The average Bonchev–Trinajstić information content (AvgIpc) is 2.72. The van der Waals surface area contributed by atoms with Crippen LogP contribution in [-0.4, -0.2) is 71.5 Å². The Morgan fingerprint density at radius 3 is 2.72 bits per heavy atom. The van der Waals surface area contributed by atoms with Gasteiger partial charge in [-0.05, 0) is 33.2 Å². The van der Waals surface area contributed by atoms with Crippen molar-refractivity contribution in [1.82, 2.24) is 19.8 Å². The molecule has 2 aliphatic heterocycles. The Balaban J connectivity index is 1.84. The molecular formula is C19H31N5O. The van der Waals surface area contributed by atoms with Gasteiger partial charge in [0.05, 0.1) is 0 Å². The second kappa shape index (κ2) is 7.28. The van der Waals surface area contributed by atoms with Gasteiger partial charge in [-0.2, -0.15) is 0 Å². The lowest BCUT2D eigenvalue weighted by atomic mass is 9.86. The predicted molar refractivity (Wildman–Crippen MR) is 99.8 cm³/mol. The van der Waals surface area contributed by atoms with Crippen molar-refractivity contribution in [2.75, 3.05) is 45.2 Å². The maximum Gasteiger partial charge on any atom is 0.222 e. The molecule has 1 aromatic rings. The first-order chi connectivity index (χ1) is 11.9. The Morgan fingerprint density at radius 1 is 1.16 bits per heavy atom. The van der Waals surface area contributed by atoms with Crippen LogP contribution in [0.15, 0.2) is 6.07 Å². The van der Waals surface area contributed by atoms with E-state index in [1.54, 1.807) is 0 Å². The van der Waals surface area contributed by atoms with E-state index in [4.69, 9.17) is 4.98 Å². The van der Waals surface area contributed by atoms with Crippen molar-refractivity contribution < 1.29 is 4.79 Å². The zero-order valence-corrected chi connectivity index (χ0v) is 16.1. The summed E-state index contributed by atoms with van der Waals surface area (Å²) in [5.74, 6) is 2.17. The molecule has 1 atom stereocenters. The summed E-state index contributed by atoms with van der Waals surface area (Å²) in [6.07, 6.45) is 4.67. The standard InChI is InChI=1S/C19H31N5O/c1-5-6-16-13-17(21-15(2)20-16)24-12-11-23(4)19(14-24)8-7-18(25)22(3)10-9-19/h13H,5-12,14H2,1-4H3/t19-/m0/s1. The minimum Gasteiger partial charge on any atom is -0.353 e. The number of anilines is 1. The lowest BCUT2D eigenvalue weighted by molar-refractivity contribution is -0.129. The lowest BCUT2D eigenvalue weighted by Crippen LogP contribution is -2.61. The van der Waals surface area contributed by atoms with Crippen LogP contribution in [0.3, 0.4) is 0 Å². The quantitative estimate of drug-likeness (QED) is 0.837. The van der Waals surface area contributed by atoms with E-state index in [-0.39, 0.29) is 11.4 Å². The molecule has 3 rings (SSSR count). The van der Waals surface area contributed by atoms with Crippen LogP contribution in [0, 0.1) is 6.92 Å². The normalized spacial score (nSPS) is 25.5. The SMILES string of the molecule is CCCc1cc(N2CCN(C)[C@]3(CCC(=O)N(C)CC3)C2)nc(C)n1. The van der Waals surface area contributed by atoms with Crippen molar-refractivity contribution in [2.24, 2.45) is 0 Å². The maximum atomic E-state index is 12.1. The van der Waals surface area contributed by atoms with Crippen molar-refractivity contribution in [3.63, 3.8) is 0 Å². The number of hydrogen-bond donors (Lipinski definition) is 0. The van der Waals surface area contributed by atoms with Crippen LogP contribution in [-0.2, 0) is 11.2 Å². The van der Waals surface area contributed by atoms with Gasteiger partial charge in [0, 0.05) is 56.9 Å². The van der Waals surface area contributed by atoms with Crippen molar-refractivity contribution in [1.29, 1.82) is 0 Å². The van der Waals surface area contributed by atoms with Crippen molar-refractivity contribution in [2.45, 2.75) is 51.5 Å². The van der Waals surface area contributed by atoms with Gasteiger partial charge in [0.25, 0.3) is 0 Å². The van der Waals surface area contributed by atoms with E-state index < -0.39 is 0 Å². The number of piperazine rings is 1. The van der Waals surface area contributed by atoms with E-state index >= 15 is 0 Å². The minimum atomic E-state index is 0.0580. The van der Waals surface area contributed by atoms with E-state index in [1.165, 1.54) is 0 Å². The molecular weight excluding hydrogens is 314 g/mol. The second-order valence-corrected chi connectivity index (χ2v) is 7.65. The zero-order valence-electron chi connectivity index (χ0n) is 16.1. The molecule has 0 aromatic carbocycles. The molecule has 0 saturated carbocycles. The third kappa shape index (κ3) is 3.78. The molecule has 2 saturated heterocycles. The fourth-order valence-electron chi connectivity index (χ4n) is 4.11. The van der Waals surface area contributed by atoms with Crippen LogP contribution in [0.1, 0.15) is 44.1 Å². The molecule has 0 N–H and O–H groups in total. The van der Waals surface area contributed by atoms with E-state index in [2.05, 4.69) is 34.8 Å². The van der Waals surface area contributed by atoms with E-state index in [0.29, 0.717) is 6.42 Å². The number of nitrogens with zero attached hydrogens (tertiary/aromatic N) is 5. The molecule has 3 heterocycles. The summed E-state index contributed by atoms with van der Waals surface area (Å²) in [4.78, 5) is 28.2. The first kappa shape index (κ1) is 18.1. The molecule has 2 aliphatic rings. The van der Waals surface area contributed by atoms with Gasteiger partial charge >= 0.3 is 0 Å². The molecule has 2 fully saturated rings. The smallest absolute Gasteiger partial charge is 0.222 e. The van der Waals surface area contributed by atoms with Gasteiger partial charge in [0.15, 0.2) is 0 Å². The summed E-state index contributed by atoms with van der Waals surface area (Å²) in [5, 5.41) is 0. The Hall–Kier alpha value is -1.69. The average molecular weight is 345 g/mol. The summed E-state index contributed by atoms with van der Waals surface area (Å²) in [7, 11) is 4.13. The number of likely N-dealkylation sites (N-methyl/N-ethyl adjacent to an activating group) is 1. The molecule has 1 amide bonds. The number of rotatable bonds is 3. The molecule has 0 bridgehead atoms. The highest BCUT2D eigenvalue weighted by molar-refractivity contribution is 5.76. The van der Waals surface area contributed by atoms with Gasteiger partial charge in [0.1, 0.15) is 11.6 Å². The fraction of sp³-hybridized carbons (Fsp3) is 0.737. The number of carbonyl (C=O) groups is 1. The van der Waals surface area contributed by atoms with Gasteiger partial charge in [-0.15, -0.1) is 0 Å². The molecule has 0 radical (unpaired) electrons. The van der Waals surface area contributed by atoms with Crippen LogP contribution >= 0.6 is 0 Å². The fourth-order valence-corrected chi connectivity index (χ4v) is 4.11. The molecule has 6 heteroatoms. The van der Waals surface area contributed by atoms with Crippen molar-refractivity contribution in [3.8, 4) is 0 Å². The van der Waals surface area contributed by atoms with Crippen LogP contribution in [0.4, 0.5) is 5.82 Å².